The molecule has 17 heavy (non-hydrogen) atoms. The minimum atomic E-state index is -0.133. The van der Waals surface area contributed by atoms with Crippen molar-refractivity contribution in [3.63, 3.8) is 0 Å². The van der Waals surface area contributed by atoms with Gasteiger partial charge in [-0.05, 0) is 18.6 Å². The highest BCUT2D eigenvalue weighted by Crippen LogP contribution is 2.17. The van der Waals surface area contributed by atoms with Crippen LogP contribution in [-0.2, 0) is 4.74 Å². The Morgan fingerprint density at radius 3 is 2.65 bits per heavy atom. The zero-order chi connectivity index (χ0) is 12.7. The standard InChI is InChI=1S/C13H19NO3/c1-4-10(9-16-2)14-13(15)11-7-5-6-8-12(11)17-3/h5-8,10H,4,9H2,1-3H3,(H,14,15). The lowest BCUT2D eigenvalue weighted by atomic mass is 10.1. The predicted octanol–water partition coefficient (Wildman–Crippen LogP) is 1.85. The van der Waals surface area contributed by atoms with Crippen molar-refractivity contribution in [2.24, 2.45) is 0 Å². The van der Waals surface area contributed by atoms with Gasteiger partial charge in [0, 0.05) is 7.11 Å². The van der Waals surface area contributed by atoms with E-state index in [0.717, 1.165) is 6.42 Å². The normalized spacial score (nSPS) is 11.9. The molecular formula is C13H19NO3. The first-order valence-electron chi connectivity index (χ1n) is 5.65. The lowest BCUT2D eigenvalue weighted by Crippen LogP contribution is -2.37. The number of carbonyl (C=O) groups is 1. The second kappa shape index (κ2) is 6.91. The summed E-state index contributed by atoms with van der Waals surface area (Å²) < 4.78 is 10.2. The molecule has 0 aliphatic carbocycles. The zero-order valence-corrected chi connectivity index (χ0v) is 10.5. The Bertz CT molecular complexity index is 365. The second-order valence-corrected chi connectivity index (χ2v) is 3.73. The SMILES string of the molecule is CCC(COC)NC(=O)c1ccccc1OC. The Kier molecular flexibility index (Phi) is 5.49. The van der Waals surface area contributed by atoms with Crippen molar-refractivity contribution < 1.29 is 14.3 Å². The summed E-state index contributed by atoms with van der Waals surface area (Å²) in [7, 11) is 3.18. The van der Waals surface area contributed by atoms with Crippen molar-refractivity contribution >= 4 is 5.91 Å². The van der Waals surface area contributed by atoms with E-state index >= 15 is 0 Å². The van der Waals surface area contributed by atoms with Gasteiger partial charge in [0.05, 0.1) is 25.3 Å². The first-order chi connectivity index (χ1) is 8.22. The predicted molar refractivity (Wildman–Crippen MR) is 66.4 cm³/mol. The first kappa shape index (κ1) is 13.5. The van der Waals surface area contributed by atoms with Crippen LogP contribution in [0.5, 0.6) is 5.75 Å². The molecule has 1 atom stereocenters. The van der Waals surface area contributed by atoms with Gasteiger partial charge in [-0.1, -0.05) is 19.1 Å². The van der Waals surface area contributed by atoms with E-state index in [9.17, 15) is 4.79 Å². The van der Waals surface area contributed by atoms with Crippen LogP contribution in [0.2, 0.25) is 0 Å². The van der Waals surface area contributed by atoms with E-state index in [4.69, 9.17) is 9.47 Å². The van der Waals surface area contributed by atoms with Crippen molar-refractivity contribution in [3.05, 3.63) is 29.8 Å². The molecule has 0 aromatic heterocycles. The molecule has 1 rings (SSSR count). The number of nitrogens with one attached hydrogen (secondary N) is 1. The van der Waals surface area contributed by atoms with Gasteiger partial charge in [0.2, 0.25) is 0 Å². The van der Waals surface area contributed by atoms with Crippen LogP contribution in [0, 0.1) is 0 Å². The fourth-order valence-electron chi connectivity index (χ4n) is 1.56. The van der Waals surface area contributed by atoms with E-state index in [2.05, 4.69) is 5.32 Å². The van der Waals surface area contributed by atoms with Crippen LogP contribution in [0.3, 0.4) is 0 Å². The molecule has 0 aliphatic heterocycles. The van der Waals surface area contributed by atoms with Gasteiger partial charge in [0.25, 0.3) is 5.91 Å². The van der Waals surface area contributed by atoms with Gasteiger partial charge < -0.3 is 14.8 Å². The molecule has 0 radical (unpaired) electrons. The maximum absolute atomic E-state index is 12.0. The molecule has 0 bridgehead atoms. The molecule has 0 heterocycles. The van der Waals surface area contributed by atoms with Crippen LogP contribution in [0.1, 0.15) is 23.7 Å². The van der Waals surface area contributed by atoms with Gasteiger partial charge in [-0.2, -0.15) is 0 Å². The van der Waals surface area contributed by atoms with Crippen LogP contribution < -0.4 is 10.1 Å². The van der Waals surface area contributed by atoms with Gasteiger partial charge in [-0.15, -0.1) is 0 Å². The summed E-state index contributed by atoms with van der Waals surface area (Å²) in [5.41, 5.74) is 0.546. The van der Waals surface area contributed by atoms with Crippen LogP contribution in [0.4, 0.5) is 0 Å². The lowest BCUT2D eigenvalue weighted by Gasteiger charge is -2.16. The fraction of sp³-hybridized carbons (Fsp3) is 0.462. The molecular weight excluding hydrogens is 218 g/mol. The number of hydrogen-bond donors (Lipinski definition) is 1. The molecule has 1 N–H and O–H groups in total. The highest BCUT2D eigenvalue weighted by atomic mass is 16.5. The molecule has 0 aliphatic rings. The Hall–Kier alpha value is -1.55. The average Bonchev–Trinajstić information content (AvgIpc) is 2.38. The number of methoxy groups -OCH3 is 2. The van der Waals surface area contributed by atoms with Crippen LogP contribution in [0.25, 0.3) is 0 Å². The van der Waals surface area contributed by atoms with Crippen LogP contribution in [-0.4, -0.2) is 32.8 Å². The Morgan fingerprint density at radius 2 is 2.06 bits per heavy atom. The number of rotatable bonds is 6. The molecule has 1 unspecified atom stereocenters. The van der Waals surface area contributed by atoms with Crippen molar-refractivity contribution in [2.75, 3.05) is 20.8 Å². The molecule has 0 spiro atoms. The highest BCUT2D eigenvalue weighted by Gasteiger charge is 2.15. The minimum absolute atomic E-state index is 0.0254. The summed E-state index contributed by atoms with van der Waals surface area (Å²) in [5.74, 6) is 0.448. The number of ether oxygens (including phenoxy) is 2. The summed E-state index contributed by atoms with van der Waals surface area (Å²) in [6.07, 6.45) is 0.828. The third-order valence-electron chi connectivity index (χ3n) is 2.55. The molecule has 0 saturated heterocycles. The summed E-state index contributed by atoms with van der Waals surface area (Å²) in [4.78, 5) is 12.0. The molecule has 0 saturated carbocycles. The van der Waals surface area contributed by atoms with Crippen molar-refractivity contribution in [3.8, 4) is 5.75 Å². The average molecular weight is 237 g/mol. The summed E-state index contributed by atoms with van der Waals surface area (Å²) in [6.45, 7) is 2.52. The third-order valence-corrected chi connectivity index (χ3v) is 2.55. The van der Waals surface area contributed by atoms with Gasteiger partial charge in [0.15, 0.2) is 0 Å². The maximum atomic E-state index is 12.0. The van der Waals surface area contributed by atoms with E-state index in [-0.39, 0.29) is 11.9 Å². The summed E-state index contributed by atoms with van der Waals surface area (Å²) >= 11 is 0. The van der Waals surface area contributed by atoms with Crippen LogP contribution >= 0.6 is 0 Å². The molecule has 0 fully saturated rings. The third kappa shape index (κ3) is 3.75. The fourth-order valence-corrected chi connectivity index (χ4v) is 1.56. The van der Waals surface area contributed by atoms with Gasteiger partial charge >= 0.3 is 0 Å². The van der Waals surface area contributed by atoms with Gasteiger partial charge in [-0.25, -0.2) is 0 Å². The maximum Gasteiger partial charge on any atom is 0.255 e. The largest absolute Gasteiger partial charge is 0.496 e. The Labute approximate surface area is 102 Å². The molecule has 4 nitrogen and oxygen atoms in total. The van der Waals surface area contributed by atoms with Crippen molar-refractivity contribution in [2.45, 2.75) is 19.4 Å². The molecule has 1 aromatic rings. The lowest BCUT2D eigenvalue weighted by molar-refractivity contribution is 0.0891. The summed E-state index contributed by atoms with van der Waals surface area (Å²) in [6, 6.07) is 7.19. The molecule has 1 amide bonds. The first-order valence-corrected chi connectivity index (χ1v) is 5.65. The second-order valence-electron chi connectivity index (χ2n) is 3.73. The van der Waals surface area contributed by atoms with E-state index in [1.165, 1.54) is 0 Å². The van der Waals surface area contributed by atoms with Gasteiger partial charge in [-0.3, -0.25) is 4.79 Å². The number of carbonyl (C=O) groups excluding carboxylic acids is 1. The highest BCUT2D eigenvalue weighted by molar-refractivity contribution is 5.97. The minimum Gasteiger partial charge on any atom is -0.496 e. The van der Waals surface area contributed by atoms with E-state index in [0.29, 0.717) is 17.9 Å². The molecule has 94 valence electrons. The topological polar surface area (TPSA) is 47.6 Å². The molecule has 4 heteroatoms. The van der Waals surface area contributed by atoms with Crippen molar-refractivity contribution in [1.29, 1.82) is 0 Å². The zero-order valence-electron chi connectivity index (χ0n) is 10.5. The monoisotopic (exact) mass is 237 g/mol. The summed E-state index contributed by atoms with van der Waals surface area (Å²) in [5, 5.41) is 2.91. The number of para-hydroxylation sites is 1. The van der Waals surface area contributed by atoms with Crippen LogP contribution in [0.15, 0.2) is 24.3 Å². The quantitative estimate of drug-likeness (QED) is 0.821. The Balaban J connectivity index is 2.75. The van der Waals surface area contributed by atoms with Gasteiger partial charge in [0.1, 0.15) is 5.75 Å². The number of hydrogen-bond acceptors (Lipinski definition) is 3. The van der Waals surface area contributed by atoms with E-state index in [1.807, 2.05) is 19.1 Å². The Morgan fingerprint density at radius 1 is 1.35 bits per heavy atom. The number of amides is 1. The van der Waals surface area contributed by atoms with Crippen molar-refractivity contribution in [1.82, 2.24) is 5.32 Å². The smallest absolute Gasteiger partial charge is 0.255 e. The van der Waals surface area contributed by atoms with E-state index in [1.54, 1.807) is 26.4 Å². The molecule has 1 aromatic carbocycles. The van der Waals surface area contributed by atoms with E-state index < -0.39 is 0 Å². The number of benzene rings is 1.